The van der Waals surface area contributed by atoms with Crippen molar-refractivity contribution in [2.75, 3.05) is 13.7 Å². The number of hydrogen-bond donors (Lipinski definition) is 2. The predicted octanol–water partition coefficient (Wildman–Crippen LogP) is -0.0414. The van der Waals surface area contributed by atoms with Gasteiger partial charge in [-0.25, -0.2) is 4.79 Å². The molecule has 0 aliphatic heterocycles. The highest BCUT2D eigenvalue weighted by Crippen LogP contribution is 2.07. The van der Waals surface area contributed by atoms with Crippen LogP contribution >= 0.6 is 0 Å². The topological polar surface area (TPSA) is 93.5 Å². The highest BCUT2D eigenvalue weighted by Gasteiger charge is 2.34. The van der Waals surface area contributed by atoms with Crippen molar-refractivity contribution in [3.05, 3.63) is 18.0 Å². The van der Waals surface area contributed by atoms with Crippen molar-refractivity contribution < 1.29 is 19.4 Å². The fraction of sp³-hybridized carbons (Fsp3) is 0.583. The molecule has 0 saturated carbocycles. The summed E-state index contributed by atoms with van der Waals surface area (Å²) >= 11 is 0. The third-order valence-corrected chi connectivity index (χ3v) is 2.72. The molecule has 0 aliphatic carbocycles. The van der Waals surface area contributed by atoms with Crippen LogP contribution < -0.4 is 5.32 Å². The summed E-state index contributed by atoms with van der Waals surface area (Å²) in [4.78, 5) is 22.9. The van der Waals surface area contributed by atoms with Crippen LogP contribution in [0.1, 0.15) is 18.9 Å². The van der Waals surface area contributed by atoms with Gasteiger partial charge in [0.2, 0.25) is 5.91 Å². The van der Waals surface area contributed by atoms with Crippen LogP contribution in [0.25, 0.3) is 0 Å². The molecule has 0 aliphatic rings. The van der Waals surface area contributed by atoms with Gasteiger partial charge >= 0.3 is 5.97 Å². The minimum absolute atomic E-state index is 0.0824. The lowest BCUT2D eigenvalue weighted by molar-refractivity contribution is -0.149. The van der Waals surface area contributed by atoms with Crippen molar-refractivity contribution in [3.63, 3.8) is 0 Å². The molecule has 2 N–H and O–H groups in total. The van der Waals surface area contributed by atoms with Crippen LogP contribution in [0.3, 0.4) is 0 Å². The van der Waals surface area contributed by atoms with E-state index in [1.807, 2.05) is 6.20 Å². The summed E-state index contributed by atoms with van der Waals surface area (Å²) in [5, 5.41) is 15.6. The zero-order valence-corrected chi connectivity index (χ0v) is 11.3. The number of methoxy groups -OCH3 is 1. The van der Waals surface area contributed by atoms with E-state index in [1.165, 1.54) is 14.0 Å². The number of ether oxygens (including phenoxy) is 1. The maximum atomic E-state index is 11.8. The molecular weight excluding hydrogens is 250 g/mol. The van der Waals surface area contributed by atoms with E-state index in [1.54, 1.807) is 17.9 Å². The molecule has 1 heterocycles. The molecule has 1 aromatic heterocycles. The monoisotopic (exact) mass is 269 g/mol. The van der Waals surface area contributed by atoms with Crippen molar-refractivity contribution in [1.29, 1.82) is 0 Å². The second-order valence-electron chi connectivity index (χ2n) is 4.64. The van der Waals surface area contributed by atoms with Crippen molar-refractivity contribution in [3.8, 4) is 0 Å². The summed E-state index contributed by atoms with van der Waals surface area (Å²) < 4.78 is 6.48. The predicted molar refractivity (Wildman–Crippen MR) is 67.6 cm³/mol. The summed E-state index contributed by atoms with van der Waals surface area (Å²) in [5.41, 5.74) is -0.470. The minimum atomic E-state index is -1.40. The van der Waals surface area contributed by atoms with Gasteiger partial charge in [-0.3, -0.25) is 9.48 Å². The molecular formula is C12H19N3O4. The Morgan fingerprint density at radius 3 is 2.74 bits per heavy atom. The Morgan fingerprint density at radius 2 is 2.26 bits per heavy atom. The van der Waals surface area contributed by atoms with Crippen LogP contribution in [0.5, 0.6) is 0 Å². The number of aromatic nitrogens is 2. The Labute approximate surface area is 111 Å². The summed E-state index contributed by atoms with van der Waals surface area (Å²) in [7, 11) is 3.19. The van der Waals surface area contributed by atoms with E-state index in [9.17, 15) is 9.59 Å². The number of aryl methyl sites for hydroxylation is 2. The van der Waals surface area contributed by atoms with Crippen LogP contribution in [-0.2, 0) is 27.8 Å². The Balaban J connectivity index is 2.51. The molecule has 1 amide bonds. The normalized spacial score (nSPS) is 13.8. The Bertz CT molecular complexity index is 458. The molecule has 1 aromatic rings. The number of carboxylic acids is 1. The number of nitrogens with one attached hydrogen (secondary N) is 1. The van der Waals surface area contributed by atoms with Gasteiger partial charge < -0.3 is 15.2 Å². The lowest BCUT2D eigenvalue weighted by Gasteiger charge is -2.25. The van der Waals surface area contributed by atoms with Crippen LogP contribution in [-0.4, -0.2) is 46.0 Å². The lowest BCUT2D eigenvalue weighted by atomic mass is 10.0. The van der Waals surface area contributed by atoms with E-state index in [4.69, 9.17) is 9.84 Å². The first-order chi connectivity index (χ1) is 8.87. The van der Waals surface area contributed by atoms with Crippen LogP contribution in [0.15, 0.2) is 12.4 Å². The molecule has 0 bridgehead atoms. The number of carboxylic acid groups (broad SMARTS) is 1. The third kappa shape index (κ3) is 4.36. The van der Waals surface area contributed by atoms with Gasteiger partial charge in [-0.05, 0) is 18.9 Å². The quantitative estimate of drug-likeness (QED) is 0.724. The number of amides is 1. The molecule has 1 atom stereocenters. The van der Waals surface area contributed by atoms with Crippen molar-refractivity contribution >= 4 is 11.9 Å². The van der Waals surface area contributed by atoms with E-state index in [2.05, 4.69) is 10.4 Å². The molecule has 7 heteroatoms. The van der Waals surface area contributed by atoms with E-state index in [0.29, 0.717) is 6.42 Å². The van der Waals surface area contributed by atoms with Crippen LogP contribution in [0.2, 0.25) is 0 Å². The summed E-state index contributed by atoms with van der Waals surface area (Å²) in [6, 6.07) is 0. The van der Waals surface area contributed by atoms with Crippen molar-refractivity contribution in [2.45, 2.75) is 25.3 Å². The Hall–Kier alpha value is -1.89. The van der Waals surface area contributed by atoms with Gasteiger partial charge in [-0.15, -0.1) is 0 Å². The first-order valence-corrected chi connectivity index (χ1v) is 5.88. The number of hydrogen-bond acceptors (Lipinski definition) is 4. The number of carbonyl (C=O) groups is 2. The first kappa shape index (κ1) is 15.2. The molecule has 19 heavy (non-hydrogen) atoms. The Morgan fingerprint density at radius 1 is 1.58 bits per heavy atom. The van der Waals surface area contributed by atoms with Gasteiger partial charge in [-0.2, -0.15) is 5.10 Å². The van der Waals surface area contributed by atoms with E-state index >= 15 is 0 Å². The molecule has 7 nitrogen and oxygen atoms in total. The summed E-state index contributed by atoms with van der Waals surface area (Å²) in [6.07, 6.45) is 4.22. The van der Waals surface area contributed by atoms with Crippen molar-refractivity contribution in [1.82, 2.24) is 15.1 Å². The lowest BCUT2D eigenvalue weighted by Crippen LogP contribution is -2.55. The highest BCUT2D eigenvalue weighted by atomic mass is 16.5. The average molecular weight is 269 g/mol. The molecule has 0 radical (unpaired) electrons. The Kier molecular flexibility index (Phi) is 5.05. The van der Waals surface area contributed by atoms with Gasteiger partial charge in [0, 0.05) is 26.8 Å². The third-order valence-electron chi connectivity index (χ3n) is 2.72. The standard InChI is InChI=1S/C12H19N3O4/c1-12(8-19-3,11(17)18)14-10(16)5-4-9-6-13-15(2)7-9/h6-7H,4-5,8H2,1-3H3,(H,14,16)(H,17,18). The zero-order valence-electron chi connectivity index (χ0n) is 11.3. The number of rotatable bonds is 7. The molecule has 0 aromatic carbocycles. The van der Waals surface area contributed by atoms with Gasteiger partial charge in [0.25, 0.3) is 0 Å². The molecule has 1 unspecified atom stereocenters. The van der Waals surface area contributed by atoms with Crippen LogP contribution in [0.4, 0.5) is 0 Å². The SMILES string of the molecule is COCC(C)(NC(=O)CCc1cnn(C)c1)C(=O)O. The van der Waals surface area contributed by atoms with Gasteiger partial charge in [0.05, 0.1) is 12.8 Å². The average Bonchev–Trinajstić information content (AvgIpc) is 2.72. The molecule has 0 spiro atoms. The van der Waals surface area contributed by atoms with Crippen molar-refractivity contribution in [2.24, 2.45) is 7.05 Å². The van der Waals surface area contributed by atoms with Gasteiger partial charge in [-0.1, -0.05) is 0 Å². The largest absolute Gasteiger partial charge is 0.479 e. The maximum absolute atomic E-state index is 11.8. The second kappa shape index (κ2) is 6.33. The first-order valence-electron chi connectivity index (χ1n) is 5.88. The van der Waals surface area contributed by atoms with Gasteiger partial charge in [0.1, 0.15) is 0 Å². The van der Waals surface area contributed by atoms with E-state index in [0.717, 1.165) is 5.56 Å². The zero-order chi connectivity index (χ0) is 14.5. The highest BCUT2D eigenvalue weighted by molar-refractivity contribution is 5.86. The fourth-order valence-electron chi connectivity index (χ4n) is 1.67. The van der Waals surface area contributed by atoms with E-state index < -0.39 is 11.5 Å². The fourth-order valence-corrected chi connectivity index (χ4v) is 1.67. The summed E-state index contributed by atoms with van der Waals surface area (Å²) in [5.74, 6) is -1.45. The van der Waals surface area contributed by atoms with Gasteiger partial charge in [0.15, 0.2) is 5.54 Å². The molecule has 0 fully saturated rings. The molecule has 1 rings (SSSR count). The number of aliphatic carboxylic acids is 1. The summed E-state index contributed by atoms with van der Waals surface area (Å²) in [6.45, 7) is 1.34. The number of nitrogens with zero attached hydrogens (tertiary/aromatic N) is 2. The number of carbonyl (C=O) groups excluding carboxylic acids is 1. The maximum Gasteiger partial charge on any atom is 0.331 e. The van der Waals surface area contributed by atoms with Crippen LogP contribution in [0, 0.1) is 0 Å². The molecule has 0 saturated heterocycles. The van der Waals surface area contributed by atoms with E-state index in [-0.39, 0.29) is 18.9 Å². The minimum Gasteiger partial charge on any atom is -0.479 e. The second-order valence-corrected chi connectivity index (χ2v) is 4.64. The smallest absolute Gasteiger partial charge is 0.331 e. The molecule has 106 valence electrons.